The van der Waals surface area contributed by atoms with E-state index in [4.69, 9.17) is 22.7 Å². The van der Waals surface area contributed by atoms with Crippen LogP contribution in [0.25, 0.3) is 11.0 Å². The van der Waals surface area contributed by atoms with Crippen molar-refractivity contribution >= 4 is 52.5 Å². The molecule has 0 aliphatic heterocycles. The molecule has 1 heterocycles. The van der Waals surface area contributed by atoms with Crippen LogP contribution in [0.2, 0.25) is 5.02 Å². The molecule has 0 spiro atoms. The Morgan fingerprint density at radius 1 is 1.19 bits per heavy atom. The van der Waals surface area contributed by atoms with E-state index in [1.807, 2.05) is 24.3 Å². The third kappa shape index (κ3) is 3.26. The minimum Gasteiger partial charge on any atom is -0.384 e. The first-order valence-electron chi connectivity index (χ1n) is 5.98. The predicted octanol–water partition coefficient (Wildman–Crippen LogP) is 3.67. The Kier molecular flexibility index (Phi) is 4.35. The second kappa shape index (κ2) is 6.03. The summed E-state index contributed by atoms with van der Waals surface area (Å²) in [5.41, 5.74) is 8.68. The summed E-state index contributed by atoms with van der Waals surface area (Å²) in [4.78, 5) is 7.56. The van der Waals surface area contributed by atoms with E-state index in [9.17, 15) is 0 Å². The van der Waals surface area contributed by atoms with Crippen molar-refractivity contribution in [3.8, 4) is 0 Å². The standard InChI is InChI=1S/C14H12ClN5.ClH/c15-9-3-6-11-12(7-9)20-14(19-11)18-10-4-1-8(2-5-10)13(16)17;/h1-7H,(H3,16,17)(H2,18,19,20);1H. The molecule has 0 radical (unpaired) electrons. The van der Waals surface area contributed by atoms with Gasteiger partial charge in [-0.1, -0.05) is 11.6 Å². The SMILES string of the molecule is Cl.N=C(N)c1ccc(Nc2nc3ccc(Cl)cc3[nH]2)cc1. The molecule has 0 saturated heterocycles. The fourth-order valence-electron chi connectivity index (χ4n) is 1.91. The number of benzene rings is 2. The normalized spacial score (nSPS) is 10.1. The van der Waals surface area contributed by atoms with Crippen molar-refractivity contribution < 1.29 is 0 Å². The van der Waals surface area contributed by atoms with Crippen molar-refractivity contribution in [2.24, 2.45) is 5.73 Å². The van der Waals surface area contributed by atoms with Crippen LogP contribution < -0.4 is 11.1 Å². The number of amidine groups is 1. The number of hydrogen-bond donors (Lipinski definition) is 4. The average Bonchev–Trinajstić information content (AvgIpc) is 2.80. The van der Waals surface area contributed by atoms with Crippen molar-refractivity contribution in [2.75, 3.05) is 5.32 Å². The van der Waals surface area contributed by atoms with E-state index in [0.29, 0.717) is 16.5 Å². The van der Waals surface area contributed by atoms with Gasteiger partial charge in [0.25, 0.3) is 0 Å². The lowest BCUT2D eigenvalue weighted by Gasteiger charge is -2.03. The van der Waals surface area contributed by atoms with E-state index in [0.717, 1.165) is 16.7 Å². The van der Waals surface area contributed by atoms with Gasteiger partial charge in [-0.3, -0.25) is 5.41 Å². The van der Waals surface area contributed by atoms with Crippen LogP contribution in [0.4, 0.5) is 11.6 Å². The summed E-state index contributed by atoms with van der Waals surface area (Å²) >= 11 is 5.94. The van der Waals surface area contributed by atoms with Gasteiger partial charge in [0.05, 0.1) is 11.0 Å². The predicted molar refractivity (Wildman–Crippen MR) is 89.1 cm³/mol. The van der Waals surface area contributed by atoms with E-state index in [2.05, 4.69) is 15.3 Å². The van der Waals surface area contributed by atoms with Crippen molar-refractivity contribution in [1.29, 1.82) is 5.41 Å². The second-order valence-electron chi connectivity index (χ2n) is 4.36. The fraction of sp³-hybridized carbons (Fsp3) is 0. The molecule has 0 unspecified atom stereocenters. The summed E-state index contributed by atoms with van der Waals surface area (Å²) in [5, 5.41) is 11.2. The molecule has 3 aromatic rings. The zero-order valence-electron chi connectivity index (χ0n) is 10.9. The van der Waals surface area contributed by atoms with Gasteiger partial charge in [-0.25, -0.2) is 4.98 Å². The van der Waals surface area contributed by atoms with Crippen molar-refractivity contribution in [3.05, 3.63) is 53.1 Å². The minimum absolute atomic E-state index is 0. The van der Waals surface area contributed by atoms with Gasteiger partial charge in [-0.05, 0) is 42.5 Å². The van der Waals surface area contributed by atoms with E-state index in [-0.39, 0.29) is 18.2 Å². The van der Waals surface area contributed by atoms with Crippen LogP contribution in [0, 0.1) is 5.41 Å². The van der Waals surface area contributed by atoms with Crippen LogP contribution in [0.15, 0.2) is 42.5 Å². The van der Waals surface area contributed by atoms with Gasteiger partial charge < -0.3 is 16.0 Å². The summed E-state index contributed by atoms with van der Waals surface area (Å²) < 4.78 is 0. The summed E-state index contributed by atoms with van der Waals surface area (Å²) in [6, 6.07) is 12.7. The number of nitrogens with one attached hydrogen (secondary N) is 3. The van der Waals surface area contributed by atoms with Crippen LogP contribution in [0.1, 0.15) is 5.56 Å². The molecule has 0 amide bonds. The van der Waals surface area contributed by atoms with Crippen LogP contribution >= 0.6 is 24.0 Å². The molecule has 5 nitrogen and oxygen atoms in total. The number of aromatic amines is 1. The Morgan fingerprint density at radius 2 is 1.90 bits per heavy atom. The van der Waals surface area contributed by atoms with Gasteiger partial charge in [0, 0.05) is 16.3 Å². The van der Waals surface area contributed by atoms with Gasteiger partial charge in [-0.15, -0.1) is 12.4 Å². The zero-order valence-corrected chi connectivity index (χ0v) is 12.4. The zero-order chi connectivity index (χ0) is 14.1. The molecule has 0 fully saturated rings. The van der Waals surface area contributed by atoms with E-state index in [1.54, 1.807) is 18.2 Å². The number of H-pyrrole nitrogens is 1. The van der Waals surface area contributed by atoms with Gasteiger partial charge >= 0.3 is 0 Å². The summed E-state index contributed by atoms with van der Waals surface area (Å²) in [6.07, 6.45) is 0. The number of rotatable bonds is 3. The largest absolute Gasteiger partial charge is 0.384 e. The highest BCUT2D eigenvalue weighted by molar-refractivity contribution is 6.31. The highest BCUT2D eigenvalue weighted by atomic mass is 35.5. The monoisotopic (exact) mass is 321 g/mol. The third-order valence-corrected chi connectivity index (χ3v) is 3.14. The molecule has 0 saturated carbocycles. The van der Waals surface area contributed by atoms with Crippen LogP contribution in [-0.2, 0) is 0 Å². The van der Waals surface area contributed by atoms with Gasteiger partial charge in [0.1, 0.15) is 5.84 Å². The van der Waals surface area contributed by atoms with Crippen molar-refractivity contribution in [2.45, 2.75) is 0 Å². The summed E-state index contributed by atoms with van der Waals surface area (Å²) in [5.74, 6) is 0.688. The highest BCUT2D eigenvalue weighted by Crippen LogP contribution is 2.21. The van der Waals surface area contributed by atoms with Crippen LogP contribution in [0.5, 0.6) is 0 Å². The van der Waals surface area contributed by atoms with Crippen LogP contribution in [-0.4, -0.2) is 15.8 Å². The van der Waals surface area contributed by atoms with E-state index < -0.39 is 0 Å². The lowest BCUT2D eigenvalue weighted by molar-refractivity contribution is 1.31. The maximum Gasteiger partial charge on any atom is 0.205 e. The molecular formula is C14H13Cl2N5. The molecule has 5 N–H and O–H groups in total. The third-order valence-electron chi connectivity index (χ3n) is 2.90. The number of halogens is 2. The number of anilines is 2. The topological polar surface area (TPSA) is 90.6 Å². The maximum absolute atomic E-state index is 7.35. The van der Waals surface area contributed by atoms with E-state index >= 15 is 0 Å². The summed E-state index contributed by atoms with van der Waals surface area (Å²) in [6.45, 7) is 0. The molecule has 0 bridgehead atoms. The number of nitrogen functional groups attached to an aromatic ring is 1. The van der Waals surface area contributed by atoms with E-state index in [1.165, 1.54) is 0 Å². The molecule has 108 valence electrons. The molecule has 1 aromatic heterocycles. The first-order valence-corrected chi connectivity index (χ1v) is 6.36. The lowest BCUT2D eigenvalue weighted by atomic mass is 10.2. The Balaban J connectivity index is 0.00000161. The number of fused-ring (bicyclic) bond motifs is 1. The Hall–Kier alpha value is -2.24. The molecule has 0 atom stereocenters. The Bertz CT molecular complexity index is 780. The smallest absolute Gasteiger partial charge is 0.205 e. The Labute approximate surface area is 132 Å². The van der Waals surface area contributed by atoms with Crippen LogP contribution in [0.3, 0.4) is 0 Å². The maximum atomic E-state index is 7.35. The molecule has 0 aliphatic rings. The summed E-state index contributed by atoms with van der Waals surface area (Å²) in [7, 11) is 0. The molecular weight excluding hydrogens is 309 g/mol. The number of hydrogen-bond acceptors (Lipinski definition) is 3. The molecule has 0 aliphatic carbocycles. The first kappa shape index (κ1) is 15.2. The highest BCUT2D eigenvalue weighted by Gasteiger charge is 2.04. The first-order chi connectivity index (χ1) is 9.61. The number of nitrogens with two attached hydrogens (primary N) is 1. The molecule has 7 heteroatoms. The lowest BCUT2D eigenvalue weighted by Crippen LogP contribution is -2.10. The van der Waals surface area contributed by atoms with Crippen molar-refractivity contribution in [3.63, 3.8) is 0 Å². The minimum atomic E-state index is 0. The number of aromatic nitrogens is 2. The van der Waals surface area contributed by atoms with Gasteiger partial charge in [0.15, 0.2) is 0 Å². The molecule has 21 heavy (non-hydrogen) atoms. The van der Waals surface area contributed by atoms with Gasteiger partial charge in [0.2, 0.25) is 5.95 Å². The van der Waals surface area contributed by atoms with Gasteiger partial charge in [-0.2, -0.15) is 0 Å². The average molecular weight is 322 g/mol. The number of imidazole rings is 1. The Morgan fingerprint density at radius 3 is 2.57 bits per heavy atom. The second-order valence-corrected chi connectivity index (χ2v) is 4.80. The molecule has 3 rings (SSSR count). The molecule has 2 aromatic carbocycles. The fourth-order valence-corrected chi connectivity index (χ4v) is 2.08. The quantitative estimate of drug-likeness (QED) is 0.438. The number of nitrogens with zero attached hydrogens (tertiary/aromatic N) is 1. The van der Waals surface area contributed by atoms with Crippen molar-refractivity contribution in [1.82, 2.24) is 9.97 Å².